The highest BCUT2D eigenvalue weighted by Crippen LogP contribution is 2.23. The summed E-state index contributed by atoms with van der Waals surface area (Å²) in [6.07, 6.45) is 2.19. The number of carbonyl (C=O) groups excluding carboxylic acids is 2. The second-order valence-electron chi connectivity index (χ2n) is 4.67. The zero-order chi connectivity index (χ0) is 16.2. The Hall–Kier alpha value is -3.42. The monoisotopic (exact) mass is 311 g/mol. The summed E-state index contributed by atoms with van der Waals surface area (Å²) in [4.78, 5) is 25.7. The van der Waals surface area contributed by atoms with E-state index in [2.05, 4.69) is 20.7 Å². The highest BCUT2D eigenvalue weighted by atomic mass is 16.5. The van der Waals surface area contributed by atoms with Crippen molar-refractivity contribution in [2.75, 3.05) is 10.6 Å². The molecular formula is C15H13N5O3. The van der Waals surface area contributed by atoms with Gasteiger partial charge in [-0.2, -0.15) is 0 Å². The number of carbonyl (C=O) groups is 2. The van der Waals surface area contributed by atoms with Crippen LogP contribution in [-0.2, 0) is 9.59 Å². The van der Waals surface area contributed by atoms with Crippen LogP contribution in [-0.4, -0.2) is 26.9 Å². The largest absolute Gasteiger partial charge is 0.438 e. The Morgan fingerprint density at radius 1 is 1.30 bits per heavy atom. The number of hydrogen-bond acceptors (Lipinski definition) is 5. The molecule has 8 nitrogen and oxygen atoms in total. The average Bonchev–Trinajstić information content (AvgIpc) is 2.88. The first-order valence-electron chi connectivity index (χ1n) is 6.76. The molecule has 2 amide bonds. The molecule has 23 heavy (non-hydrogen) atoms. The van der Waals surface area contributed by atoms with Crippen LogP contribution in [0.5, 0.6) is 11.6 Å². The van der Waals surface area contributed by atoms with Gasteiger partial charge in [-0.3, -0.25) is 9.59 Å². The summed E-state index contributed by atoms with van der Waals surface area (Å²) < 4.78 is 7.17. The van der Waals surface area contributed by atoms with E-state index in [0.29, 0.717) is 35.2 Å². The fourth-order valence-electron chi connectivity index (χ4n) is 2.00. The van der Waals surface area contributed by atoms with Crippen molar-refractivity contribution in [1.29, 1.82) is 0 Å². The normalized spacial score (nSPS) is 10.3. The van der Waals surface area contributed by atoms with Crippen molar-refractivity contribution < 1.29 is 14.3 Å². The minimum atomic E-state index is -0.204. The van der Waals surface area contributed by atoms with Gasteiger partial charge in [-0.1, -0.05) is 6.07 Å². The average molecular weight is 311 g/mol. The molecular weight excluding hydrogens is 298 g/mol. The van der Waals surface area contributed by atoms with Crippen molar-refractivity contribution in [3.8, 4) is 11.6 Å². The van der Waals surface area contributed by atoms with Crippen LogP contribution in [0.1, 0.15) is 6.92 Å². The van der Waals surface area contributed by atoms with Crippen LogP contribution in [0, 0.1) is 0 Å². The maximum atomic E-state index is 11.0. The molecule has 0 aliphatic rings. The van der Waals surface area contributed by atoms with Gasteiger partial charge in [0.1, 0.15) is 5.75 Å². The molecule has 0 aliphatic heterocycles. The van der Waals surface area contributed by atoms with Gasteiger partial charge >= 0.3 is 0 Å². The molecule has 0 saturated carbocycles. The summed E-state index contributed by atoms with van der Waals surface area (Å²) in [5, 5.41) is 9.41. The van der Waals surface area contributed by atoms with Crippen LogP contribution >= 0.6 is 0 Å². The molecule has 2 N–H and O–H groups in total. The standard InChI is InChI=1S/C15H13N5O3/c1-10(22)17-13-8-20-14(18-13)5-6-15(19-20)23-12-4-2-3-11(7-12)16-9-21/h2-9H,1H3,(H,16,21)(H,17,22). The lowest BCUT2D eigenvalue weighted by Gasteiger charge is -2.06. The van der Waals surface area contributed by atoms with Gasteiger partial charge in [0.25, 0.3) is 0 Å². The number of benzene rings is 1. The minimum Gasteiger partial charge on any atom is -0.438 e. The van der Waals surface area contributed by atoms with E-state index in [0.717, 1.165) is 0 Å². The number of rotatable bonds is 5. The van der Waals surface area contributed by atoms with Gasteiger partial charge in [0.2, 0.25) is 18.2 Å². The molecule has 116 valence electrons. The van der Waals surface area contributed by atoms with E-state index in [1.165, 1.54) is 11.4 Å². The van der Waals surface area contributed by atoms with E-state index < -0.39 is 0 Å². The van der Waals surface area contributed by atoms with Crippen LogP contribution in [0.3, 0.4) is 0 Å². The van der Waals surface area contributed by atoms with Gasteiger partial charge in [-0.15, -0.1) is 5.10 Å². The maximum Gasteiger partial charge on any atom is 0.237 e. The van der Waals surface area contributed by atoms with E-state index in [1.807, 2.05) is 0 Å². The quantitative estimate of drug-likeness (QED) is 0.703. The smallest absolute Gasteiger partial charge is 0.237 e. The fourth-order valence-corrected chi connectivity index (χ4v) is 2.00. The van der Waals surface area contributed by atoms with Crippen LogP contribution < -0.4 is 15.4 Å². The van der Waals surface area contributed by atoms with E-state index in [9.17, 15) is 9.59 Å². The third-order valence-corrected chi connectivity index (χ3v) is 2.88. The van der Waals surface area contributed by atoms with Gasteiger partial charge < -0.3 is 15.4 Å². The lowest BCUT2D eigenvalue weighted by Crippen LogP contribution is -2.05. The molecule has 1 aromatic carbocycles. The van der Waals surface area contributed by atoms with Crippen LogP contribution in [0.25, 0.3) is 5.65 Å². The molecule has 3 rings (SSSR count). The first kappa shape index (κ1) is 14.5. The van der Waals surface area contributed by atoms with Gasteiger partial charge in [-0.05, 0) is 18.2 Å². The number of nitrogens with one attached hydrogen (secondary N) is 2. The predicted molar refractivity (Wildman–Crippen MR) is 83.5 cm³/mol. The Labute approximate surface area is 131 Å². The number of amides is 2. The number of aromatic nitrogens is 3. The molecule has 3 aromatic rings. The summed E-state index contributed by atoms with van der Waals surface area (Å²) in [5.74, 6) is 1.10. The van der Waals surface area contributed by atoms with Crippen LogP contribution in [0.15, 0.2) is 42.6 Å². The SMILES string of the molecule is CC(=O)Nc1cn2nc(Oc3cccc(NC=O)c3)ccc2n1. The molecule has 0 aliphatic carbocycles. The molecule has 2 heterocycles. The van der Waals surface area contributed by atoms with E-state index >= 15 is 0 Å². The first-order valence-corrected chi connectivity index (χ1v) is 6.76. The Bertz CT molecular complexity index is 874. The number of fused-ring (bicyclic) bond motifs is 1. The van der Waals surface area contributed by atoms with Crippen molar-refractivity contribution in [1.82, 2.24) is 14.6 Å². The van der Waals surface area contributed by atoms with Gasteiger partial charge in [0.15, 0.2) is 11.5 Å². The lowest BCUT2D eigenvalue weighted by atomic mass is 10.3. The summed E-state index contributed by atoms with van der Waals surface area (Å²) in [7, 11) is 0. The van der Waals surface area contributed by atoms with Crippen LogP contribution in [0.4, 0.5) is 11.5 Å². The number of imidazole rings is 1. The number of anilines is 2. The maximum absolute atomic E-state index is 11.0. The predicted octanol–water partition coefficient (Wildman–Crippen LogP) is 2.05. The minimum absolute atomic E-state index is 0.204. The zero-order valence-electron chi connectivity index (χ0n) is 12.2. The zero-order valence-corrected chi connectivity index (χ0v) is 12.2. The highest BCUT2D eigenvalue weighted by Gasteiger charge is 2.06. The third-order valence-electron chi connectivity index (χ3n) is 2.88. The second kappa shape index (κ2) is 6.14. The molecule has 0 fully saturated rings. The molecule has 0 saturated heterocycles. The molecule has 0 radical (unpaired) electrons. The molecule has 0 unspecified atom stereocenters. The number of hydrogen-bond donors (Lipinski definition) is 2. The Morgan fingerprint density at radius 2 is 2.17 bits per heavy atom. The Morgan fingerprint density at radius 3 is 2.96 bits per heavy atom. The summed E-state index contributed by atoms with van der Waals surface area (Å²) in [6.45, 7) is 1.41. The summed E-state index contributed by atoms with van der Waals surface area (Å²) in [5.41, 5.74) is 1.20. The fraction of sp³-hybridized carbons (Fsp3) is 0.0667. The molecule has 2 aromatic heterocycles. The van der Waals surface area contributed by atoms with Crippen molar-refractivity contribution in [3.05, 3.63) is 42.6 Å². The van der Waals surface area contributed by atoms with E-state index in [1.54, 1.807) is 42.6 Å². The van der Waals surface area contributed by atoms with Crippen molar-refractivity contribution in [2.24, 2.45) is 0 Å². The Balaban J connectivity index is 1.84. The van der Waals surface area contributed by atoms with E-state index in [4.69, 9.17) is 4.74 Å². The number of nitrogens with zero attached hydrogens (tertiary/aromatic N) is 3. The van der Waals surface area contributed by atoms with E-state index in [-0.39, 0.29) is 5.91 Å². The first-order chi connectivity index (χ1) is 11.1. The second-order valence-corrected chi connectivity index (χ2v) is 4.67. The van der Waals surface area contributed by atoms with Crippen molar-refractivity contribution in [3.63, 3.8) is 0 Å². The van der Waals surface area contributed by atoms with Gasteiger partial charge in [0.05, 0.1) is 6.20 Å². The van der Waals surface area contributed by atoms with Crippen LogP contribution in [0.2, 0.25) is 0 Å². The molecule has 0 bridgehead atoms. The summed E-state index contributed by atoms with van der Waals surface area (Å²) in [6, 6.07) is 10.3. The highest BCUT2D eigenvalue weighted by molar-refractivity contribution is 5.87. The van der Waals surface area contributed by atoms with Crippen molar-refractivity contribution >= 4 is 29.5 Å². The molecule has 0 spiro atoms. The Kier molecular flexibility index (Phi) is 3.88. The molecule has 8 heteroatoms. The van der Waals surface area contributed by atoms with Crippen molar-refractivity contribution in [2.45, 2.75) is 6.92 Å². The topological polar surface area (TPSA) is 97.6 Å². The molecule has 0 atom stereocenters. The number of ether oxygens (including phenoxy) is 1. The lowest BCUT2D eigenvalue weighted by molar-refractivity contribution is -0.114. The van der Waals surface area contributed by atoms with Gasteiger partial charge in [-0.25, -0.2) is 9.50 Å². The summed E-state index contributed by atoms with van der Waals surface area (Å²) >= 11 is 0. The van der Waals surface area contributed by atoms with Gasteiger partial charge in [0, 0.05) is 24.7 Å². The third kappa shape index (κ3) is 3.43.